The topological polar surface area (TPSA) is 96.0 Å². The Labute approximate surface area is 258 Å². The van der Waals surface area contributed by atoms with E-state index < -0.39 is 36.4 Å². The predicted octanol–water partition coefficient (Wildman–Crippen LogP) is 7.87. The van der Waals surface area contributed by atoms with Gasteiger partial charge < -0.3 is 24.3 Å². The number of nitrogens with zero attached hydrogens (tertiary/aromatic N) is 1. The number of alkyl halides is 2. The smallest absolute Gasteiger partial charge is 0.408 e. The van der Waals surface area contributed by atoms with Gasteiger partial charge >= 0.3 is 18.7 Å². The molecule has 1 amide bonds. The van der Waals surface area contributed by atoms with E-state index in [0.717, 1.165) is 12.8 Å². The molecule has 4 rings (SSSR count). The van der Waals surface area contributed by atoms with Crippen LogP contribution in [0, 0.1) is 5.92 Å². The number of pyridine rings is 1. The van der Waals surface area contributed by atoms with Gasteiger partial charge in [0.2, 0.25) is 0 Å². The number of halogens is 4. The number of alkyl carbamates (subject to hydrolysis) is 1. The van der Waals surface area contributed by atoms with Crippen LogP contribution in [0.5, 0.6) is 11.5 Å². The van der Waals surface area contributed by atoms with Gasteiger partial charge in [-0.2, -0.15) is 8.78 Å². The molecule has 2 atom stereocenters. The van der Waals surface area contributed by atoms with Crippen LogP contribution in [0.4, 0.5) is 13.6 Å². The van der Waals surface area contributed by atoms with Crippen molar-refractivity contribution in [1.82, 2.24) is 10.3 Å². The van der Waals surface area contributed by atoms with Crippen molar-refractivity contribution in [3.05, 3.63) is 87.7 Å². The Balaban J connectivity index is 1.72. The average molecular weight is 638 g/mol. The van der Waals surface area contributed by atoms with Gasteiger partial charge in [0.15, 0.2) is 6.04 Å². The fourth-order valence-electron chi connectivity index (χ4n) is 4.17. The van der Waals surface area contributed by atoms with Crippen LogP contribution in [0.15, 0.2) is 60.9 Å². The summed E-state index contributed by atoms with van der Waals surface area (Å²) in [5, 5.41) is 3.06. The highest BCUT2D eigenvalue weighted by atomic mass is 35.5. The van der Waals surface area contributed by atoms with E-state index in [1.807, 2.05) is 0 Å². The van der Waals surface area contributed by atoms with Crippen LogP contribution in [0.1, 0.15) is 62.4 Å². The van der Waals surface area contributed by atoms with Gasteiger partial charge in [-0.15, -0.1) is 0 Å². The molecule has 3 aromatic rings. The van der Waals surface area contributed by atoms with Crippen molar-refractivity contribution in [3.63, 3.8) is 0 Å². The standard InChI is InChI=1S/C31H32Cl2F2N2O6/c1-31(2,3)43-30(39)37-27(19-7-5-4-6-8-19)28(38)42-26(14-22-23(32)15-36-16-24(22)33)21-12-11-20(41-29(34)35)13-25(21)40-17-18-9-10-18/h4-8,11-13,15-16,18,26-27,29H,9-10,14,17H2,1-3H3,(H,37,39)/t26?,27-/m0/s1. The molecule has 1 unspecified atom stereocenters. The van der Waals surface area contributed by atoms with Crippen molar-refractivity contribution in [3.8, 4) is 11.5 Å². The van der Waals surface area contributed by atoms with E-state index in [1.54, 1.807) is 51.1 Å². The fraction of sp³-hybridized carbons (Fsp3) is 0.387. The van der Waals surface area contributed by atoms with E-state index in [0.29, 0.717) is 29.2 Å². The zero-order valence-electron chi connectivity index (χ0n) is 23.8. The first kappa shape index (κ1) is 32.3. The molecule has 230 valence electrons. The van der Waals surface area contributed by atoms with E-state index in [-0.39, 0.29) is 28.0 Å². The van der Waals surface area contributed by atoms with Crippen LogP contribution in [0.3, 0.4) is 0 Å². The quantitative estimate of drug-likeness (QED) is 0.202. The highest BCUT2D eigenvalue weighted by molar-refractivity contribution is 6.35. The molecule has 1 aliphatic carbocycles. The Morgan fingerprint density at radius 2 is 1.72 bits per heavy atom. The van der Waals surface area contributed by atoms with Crippen LogP contribution in [-0.2, 0) is 20.7 Å². The third kappa shape index (κ3) is 9.69. The van der Waals surface area contributed by atoms with Gasteiger partial charge in [0.1, 0.15) is 23.2 Å². The zero-order chi connectivity index (χ0) is 31.1. The molecule has 1 heterocycles. The summed E-state index contributed by atoms with van der Waals surface area (Å²) in [5.41, 5.74) is 0.433. The fourth-order valence-corrected chi connectivity index (χ4v) is 4.68. The van der Waals surface area contributed by atoms with Crippen molar-refractivity contribution < 1.29 is 37.3 Å². The molecule has 0 bridgehead atoms. The highest BCUT2D eigenvalue weighted by Crippen LogP contribution is 2.39. The van der Waals surface area contributed by atoms with Crippen LogP contribution < -0.4 is 14.8 Å². The molecular formula is C31H32Cl2F2N2O6. The summed E-state index contributed by atoms with van der Waals surface area (Å²) in [7, 11) is 0. The Morgan fingerprint density at radius 1 is 1.05 bits per heavy atom. The lowest BCUT2D eigenvalue weighted by molar-refractivity contribution is -0.152. The van der Waals surface area contributed by atoms with E-state index in [4.69, 9.17) is 37.4 Å². The number of ether oxygens (including phenoxy) is 4. The molecule has 0 aliphatic heterocycles. The first-order chi connectivity index (χ1) is 20.4. The number of rotatable bonds is 12. The third-order valence-electron chi connectivity index (χ3n) is 6.36. The van der Waals surface area contributed by atoms with Gasteiger partial charge in [-0.3, -0.25) is 4.98 Å². The normalized spacial score (nSPS) is 14.5. The summed E-state index contributed by atoms with van der Waals surface area (Å²) in [6.07, 6.45) is 2.86. The van der Waals surface area contributed by atoms with Crippen molar-refractivity contribution in [2.24, 2.45) is 5.92 Å². The molecule has 2 aromatic carbocycles. The van der Waals surface area contributed by atoms with Crippen LogP contribution in [-0.4, -0.2) is 35.9 Å². The monoisotopic (exact) mass is 636 g/mol. The molecule has 1 aliphatic rings. The van der Waals surface area contributed by atoms with E-state index in [2.05, 4.69) is 15.0 Å². The molecule has 1 N–H and O–H groups in total. The number of esters is 1. The minimum Gasteiger partial charge on any atom is -0.493 e. The van der Waals surface area contributed by atoms with E-state index in [1.165, 1.54) is 30.6 Å². The van der Waals surface area contributed by atoms with E-state index >= 15 is 0 Å². The molecular weight excluding hydrogens is 605 g/mol. The number of hydrogen-bond donors (Lipinski definition) is 1. The second kappa shape index (κ2) is 14.2. The number of aromatic nitrogens is 1. The maximum atomic E-state index is 13.9. The highest BCUT2D eigenvalue weighted by Gasteiger charge is 2.32. The second-order valence-corrected chi connectivity index (χ2v) is 11.8. The molecule has 8 nitrogen and oxygen atoms in total. The molecule has 1 aromatic heterocycles. The van der Waals surface area contributed by atoms with Gasteiger partial charge in [-0.1, -0.05) is 53.5 Å². The summed E-state index contributed by atoms with van der Waals surface area (Å²) in [6, 6.07) is 11.4. The Morgan fingerprint density at radius 3 is 2.33 bits per heavy atom. The number of carbonyl (C=O) groups excluding carboxylic acids is 2. The Hall–Kier alpha value is -3.63. The third-order valence-corrected chi connectivity index (χ3v) is 7.01. The van der Waals surface area contributed by atoms with Crippen LogP contribution in [0.2, 0.25) is 10.0 Å². The number of carbonyl (C=O) groups is 2. The number of amides is 1. The van der Waals surface area contributed by atoms with Gasteiger partial charge in [-0.05, 0) is 62.8 Å². The molecule has 0 radical (unpaired) electrons. The van der Waals surface area contributed by atoms with E-state index in [9.17, 15) is 18.4 Å². The molecule has 1 fully saturated rings. The minimum atomic E-state index is -3.05. The minimum absolute atomic E-state index is 0.0191. The van der Waals surface area contributed by atoms with Gasteiger partial charge in [0, 0.05) is 30.4 Å². The SMILES string of the molecule is CC(C)(C)OC(=O)N[C@H](C(=O)OC(Cc1c(Cl)cncc1Cl)c1ccc(OC(F)F)cc1OCC1CC1)c1ccccc1. The maximum Gasteiger partial charge on any atom is 0.408 e. The lowest BCUT2D eigenvalue weighted by Crippen LogP contribution is -2.39. The lowest BCUT2D eigenvalue weighted by atomic mass is 10.00. The molecule has 0 saturated heterocycles. The van der Waals surface area contributed by atoms with Gasteiger partial charge in [0.05, 0.1) is 16.7 Å². The largest absolute Gasteiger partial charge is 0.493 e. The lowest BCUT2D eigenvalue weighted by Gasteiger charge is -2.26. The van der Waals surface area contributed by atoms with Crippen molar-refractivity contribution in [2.75, 3.05) is 6.61 Å². The van der Waals surface area contributed by atoms with Crippen LogP contribution >= 0.6 is 23.2 Å². The van der Waals surface area contributed by atoms with Crippen molar-refractivity contribution in [1.29, 1.82) is 0 Å². The summed E-state index contributed by atoms with van der Waals surface area (Å²) < 4.78 is 48.1. The number of nitrogens with one attached hydrogen (secondary N) is 1. The summed E-state index contributed by atoms with van der Waals surface area (Å²) in [4.78, 5) is 30.6. The summed E-state index contributed by atoms with van der Waals surface area (Å²) >= 11 is 12.8. The predicted molar refractivity (Wildman–Crippen MR) is 157 cm³/mol. The number of hydrogen-bond acceptors (Lipinski definition) is 7. The molecule has 43 heavy (non-hydrogen) atoms. The Bertz CT molecular complexity index is 1400. The van der Waals surface area contributed by atoms with Gasteiger partial charge in [0.25, 0.3) is 0 Å². The zero-order valence-corrected chi connectivity index (χ0v) is 25.3. The maximum absolute atomic E-state index is 13.9. The number of benzene rings is 2. The molecule has 12 heteroatoms. The van der Waals surface area contributed by atoms with Crippen molar-refractivity contribution in [2.45, 2.75) is 64.4 Å². The summed E-state index contributed by atoms with van der Waals surface area (Å²) in [6.45, 7) is 2.40. The Kier molecular flexibility index (Phi) is 10.7. The first-order valence-corrected chi connectivity index (χ1v) is 14.4. The van der Waals surface area contributed by atoms with Crippen molar-refractivity contribution >= 4 is 35.3 Å². The summed E-state index contributed by atoms with van der Waals surface area (Å²) in [5.74, 6) is -0.411. The molecule has 1 saturated carbocycles. The second-order valence-electron chi connectivity index (χ2n) is 11.0. The average Bonchev–Trinajstić information content (AvgIpc) is 3.76. The van der Waals surface area contributed by atoms with Gasteiger partial charge in [-0.25, -0.2) is 9.59 Å². The molecule has 0 spiro atoms. The first-order valence-electron chi connectivity index (χ1n) is 13.6. The van der Waals surface area contributed by atoms with Crippen LogP contribution in [0.25, 0.3) is 0 Å².